The van der Waals surface area contributed by atoms with Gasteiger partial charge in [-0.15, -0.1) is 0 Å². The molecule has 1 aliphatic heterocycles. The van der Waals surface area contributed by atoms with Crippen LogP contribution in [0.2, 0.25) is 5.02 Å². The molecule has 21 heavy (non-hydrogen) atoms. The zero-order chi connectivity index (χ0) is 15.4. The van der Waals surface area contributed by atoms with E-state index in [1.807, 2.05) is 13.0 Å². The van der Waals surface area contributed by atoms with Crippen LogP contribution in [-0.4, -0.2) is 53.0 Å². The number of carbonyl (C=O) groups excluding carboxylic acids is 1. The van der Waals surface area contributed by atoms with Gasteiger partial charge in [0.1, 0.15) is 0 Å². The molecule has 3 N–H and O–H groups in total. The van der Waals surface area contributed by atoms with E-state index < -0.39 is 0 Å². The average Bonchev–Trinajstić information content (AvgIpc) is 2.46. The molecule has 7 heteroatoms. The van der Waals surface area contributed by atoms with E-state index in [1.54, 1.807) is 23.1 Å². The predicted molar refractivity (Wildman–Crippen MR) is 89.9 cm³/mol. The Bertz CT molecular complexity index is 531. The molecule has 0 bridgehead atoms. The number of hydrogen-bond acceptors (Lipinski definition) is 3. The van der Waals surface area contributed by atoms with Gasteiger partial charge >= 0.3 is 6.03 Å². The molecule has 0 saturated carbocycles. The van der Waals surface area contributed by atoms with Crippen LogP contribution in [0.5, 0.6) is 0 Å². The minimum atomic E-state index is -0.111. The fraction of sp³-hybridized carbons (Fsp3) is 0.429. The zero-order valence-electron chi connectivity index (χ0n) is 11.9. The molecular formula is C14H19ClN4OS. The molecule has 0 aromatic heterocycles. The number of carbonyl (C=O) groups is 1. The SMILES string of the molecule is CC(C(N)=S)N1CCN(C(=O)Nc2cccc(Cl)c2)CC1. The molecule has 1 atom stereocenters. The van der Waals surface area contributed by atoms with Gasteiger partial charge in [-0.05, 0) is 25.1 Å². The third-order valence-electron chi connectivity index (χ3n) is 3.64. The Labute approximate surface area is 135 Å². The summed E-state index contributed by atoms with van der Waals surface area (Å²) in [5, 5.41) is 3.45. The minimum absolute atomic E-state index is 0.0677. The van der Waals surface area contributed by atoms with Crippen molar-refractivity contribution in [2.24, 2.45) is 5.73 Å². The van der Waals surface area contributed by atoms with Crippen molar-refractivity contribution in [1.82, 2.24) is 9.80 Å². The Morgan fingerprint density at radius 1 is 1.38 bits per heavy atom. The van der Waals surface area contributed by atoms with E-state index >= 15 is 0 Å². The summed E-state index contributed by atoms with van der Waals surface area (Å²) in [5.74, 6) is 0. The lowest BCUT2D eigenvalue weighted by Crippen LogP contribution is -2.54. The van der Waals surface area contributed by atoms with Crippen LogP contribution in [0.3, 0.4) is 0 Å². The highest BCUT2D eigenvalue weighted by atomic mass is 35.5. The Morgan fingerprint density at radius 2 is 2.05 bits per heavy atom. The highest BCUT2D eigenvalue weighted by Gasteiger charge is 2.25. The molecule has 114 valence electrons. The molecule has 1 aliphatic rings. The van der Waals surface area contributed by atoms with Crippen LogP contribution in [0.25, 0.3) is 0 Å². The largest absolute Gasteiger partial charge is 0.392 e. The molecule has 1 aromatic carbocycles. The van der Waals surface area contributed by atoms with Crippen LogP contribution in [0, 0.1) is 0 Å². The summed E-state index contributed by atoms with van der Waals surface area (Å²) in [6.07, 6.45) is 0. The number of nitrogens with one attached hydrogen (secondary N) is 1. The smallest absolute Gasteiger partial charge is 0.321 e. The van der Waals surface area contributed by atoms with E-state index in [1.165, 1.54) is 0 Å². The highest BCUT2D eigenvalue weighted by molar-refractivity contribution is 7.80. The highest BCUT2D eigenvalue weighted by Crippen LogP contribution is 2.16. The molecule has 2 rings (SSSR count). The van der Waals surface area contributed by atoms with Crippen LogP contribution < -0.4 is 11.1 Å². The van der Waals surface area contributed by atoms with Crippen LogP contribution in [-0.2, 0) is 0 Å². The first-order chi connectivity index (χ1) is 9.97. The molecule has 1 heterocycles. The quantitative estimate of drug-likeness (QED) is 0.836. The number of rotatable bonds is 3. The molecule has 0 aliphatic carbocycles. The topological polar surface area (TPSA) is 61.6 Å². The normalized spacial score (nSPS) is 17.3. The maximum atomic E-state index is 12.2. The zero-order valence-corrected chi connectivity index (χ0v) is 13.5. The minimum Gasteiger partial charge on any atom is -0.392 e. The van der Waals surface area contributed by atoms with Gasteiger partial charge in [0.25, 0.3) is 0 Å². The summed E-state index contributed by atoms with van der Waals surface area (Å²) >= 11 is 10.9. The third kappa shape index (κ3) is 4.30. The van der Waals surface area contributed by atoms with E-state index in [9.17, 15) is 4.79 Å². The number of piperazine rings is 1. The van der Waals surface area contributed by atoms with Crippen molar-refractivity contribution < 1.29 is 4.79 Å². The molecule has 1 fully saturated rings. The number of nitrogens with zero attached hydrogens (tertiary/aromatic N) is 2. The number of benzene rings is 1. The summed E-state index contributed by atoms with van der Waals surface area (Å²) in [5.41, 5.74) is 6.36. The summed E-state index contributed by atoms with van der Waals surface area (Å²) in [4.78, 5) is 16.7. The summed E-state index contributed by atoms with van der Waals surface area (Å²) in [6, 6.07) is 7.07. The Kier molecular flexibility index (Phi) is 5.39. The Morgan fingerprint density at radius 3 is 2.62 bits per heavy atom. The average molecular weight is 327 g/mol. The predicted octanol–water partition coefficient (Wildman–Crippen LogP) is 2.16. The van der Waals surface area contributed by atoms with Crippen LogP contribution in [0.1, 0.15) is 6.92 Å². The molecular weight excluding hydrogens is 308 g/mol. The second kappa shape index (κ2) is 7.06. The first-order valence-electron chi connectivity index (χ1n) is 6.82. The molecule has 0 radical (unpaired) electrons. The number of thiocarbonyl (C=S) groups is 1. The molecule has 1 aromatic rings. The lowest BCUT2D eigenvalue weighted by atomic mass is 10.2. The number of amides is 2. The van der Waals surface area contributed by atoms with Gasteiger partial charge in [0.05, 0.1) is 11.0 Å². The van der Waals surface area contributed by atoms with Crippen LogP contribution >= 0.6 is 23.8 Å². The number of hydrogen-bond donors (Lipinski definition) is 2. The molecule has 0 spiro atoms. The first kappa shape index (κ1) is 16.0. The number of nitrogens with two attached hydrogens (primary N) is 1. The fourth-order valence-corrected chi connectivity index (χ4v) is 2.60. The van der Waals surface area contributed by atoms with Gasteiger partial charge in [0.15, 0.2) is 0 Å². The molecule has 2 amide bonds. The van der Waals surface area contributed by atoms with Gasteiger partial charge in [-0.2, -0.15) is 0 Å². The van der Waals surface area contributed by atoms with Crippen molar-refractivity contribution in [3.63, 3.8) is 0 Å². The number of halogens is 1. The maximum Gasteiger partial charge on any atom is 0.321 e. The van der Waals surface area contributed by atoms with Crippen molar-refractivity contribution in [3.8, 4) is 0 Å². The van der Waals surface area contributed by atoms with E-state index in [2.05, 4.69) is 10.2 Å². The van der Waals surface area contributed by atoms with Gasteiger partial charge in [-0.3, -0.25) is 4.90 Å². The van der Waals surface area contributed by atoms with E-state index in [0.717, 1.165) is 13.1 Å². The Hall–Kier alpha value is -1.37. The summed E-state index contributed by atoms with van der Waals surface area (Å²) in [7, 11) is 0. The lowest BCUT2D eigenvalue weighted by molar-refractivity contribution is 0.139. The van der Waals surface area contributed by atoms with Crippen molar-refractivity contribution in [2.45, 2.75) is 13.0 Å². The van der Waals surface area contributed by atoms with Crippen molar-refractivity contribution in [2.75, 3.05) is 31.5 Å². The number of anilines is 1. The first-order valence-corrected chi connectivity index (χ1v) is 7.61. The molecule has 1 saturated heterocycles. The van der Waals surface area contributed by atoms with Crippen molar-refractivity contribution in [1.29, 1.82) is 0 Å². The van der Waals surface area contributed by atoms with Crippen molar-refractivity contribution in [3.05, 3.63) is 29.3 Å². The maximum absolute atomic E-state index is 12.2. The monoisotopic (exact) mass is 326 g/mol. The summed E-state index contributed by atoms with van der Waals surface area (Å²) < 4.78 is 0. The van der Waals surface area contributed by atoms with E-state index in [0.29, 0.717) is 28.8 Å². The molecule has 5 nitrogen and oxygen atoms in total. The number of urea groups is 1. The van der Waals surface area contributed by atoms with E-state index in [4.69, 9.17) is 29.6 Å². The van der Waals surface area contributed by atoms with Crippen molar-refractivity contribution >= 4 is 40.5 Å². The third-order valence-corrected chi connectivity index (χ3v) is 4.21. The fourth-order valence-electron chi connectivity index (χ4n) is 2.26. The van der Waals surface area contributed by atoms with Gasteiger partial charge in [-0.25, -0.2) is 4.79 Å². The summed E-state index contributed by atoms with van der Waals surface area (Å²) in [6.45, 7) is 4.83. The standard InChI is InChI=1S/C14H19ClN4OS/c1-10(13(16)21)18-5-7-19(8-6-18)14(20)17-12-4-2-3-11(15)9-12/h2-4,9-10H,5-8H2,1H3,(H2,16,21)(H,17,20). The van der Waals surface area contributed by atoms with Crippen LogP contribution in [0.4, 0.5) is 10.5 Å². The lowest BCUT2D eigenvalue weighted by Gasteiger charge is -2.37. The Balaban J connectivity index is 1.87. The van der Waals surface area contributed by atoms with Crippen LogP contribution in [0.15, 0.2) is 24.3 Å². The second-order valence-corrected chi connectivity index (χ2v) is 5.95. The van der Waals surface area contributed by atoms with E-state index in [-0.39, 0.29) is 12.1 Å². The second-order valence-electron chi connectivity index (χ2n) is 5.04. The van der Waals surface area contributed by atoms with Gasteiger partial charge < -0.3 is 16.0 Å². The van der Waals surface area contributed by atoms with Gasteiger partial charge in [0.2, 0.25) is 0 Å². The van der Waals surface area contributed by atoms with Gasteiger partial charge in [0, 0.05) is 36.9 Å². The molecule has 1 unspecified atom stereocenters. The van der Waals surface area contributed by atoms with Gasteiger partial charge in [-0.1, -0.05) is 29.9 Å².